The molecule has 0 unspecified atom stereocenters. The zero-order valence-corrected chi connectivity index (χ0v) is 7.70. The monoisotopic (exact) mass is 177 g/mol. The predicted molar refractivity (Wildman–Crippen MR) is 50.1 cm³/mol. The molecule has 68 valence electrons. The van der Waals surface area contributed by atoms with Gasteiger partial charge in [-0.25, -0.2) is 0 Å². The van der Waals surface area contributed by atoms with E-state index < -0.39 is 0 Å². The number of esters is 1. The molecular formula is C10H11NO2. The molecule has 2 rings (SSSR count). The molecule has 0 bridgehead atoms. The van der Waals surface area contributed by atoms with Crippen LogP contribution < -0.4 is 9.64 Å². The van der Waals surface area contributed by atoms with Crippen LogP contribution in [0, 0.1) is 0 Å². The third kappa shape index (κ3) is 1.37. The molecule has 0 amide bonds. The molecule has 3 heteroatoms. The molecule has 0 saturated heterocycles. The molecule has 3 nitrogen and oxygen atoms in total. The van der Waals surface area contributed by atoms with E-state index in [4.69, 9.17) is 4.74 Å². The number of ether oxygens (including phenoxy) is 1. The van der Waals surface area contributed by atoms with Gasteiger partial charge < -0.3 is 9.64 Å². The minimum Gasteiger partial charge on any atom is -0.426 e. The van der Waals surface area contributed by atoms with Crippen LogP contribution in [0.1, 0.15) is 5.56 Å². The van der Waals surface area contributed by atoms with Crippen molar-refractivity contribution < 1.29 is 9.53 Å². The van der Waals surface area contributed by atoms with Crippen LogP contribution in [0.3, 0.4) is 0 Å². The highest BCUT2D eigenvalue weighted by Gasteiger charge is 2.20. The zero-order valence-electron chi connectivity index (χ0n) is 7.70. The highest BCUT2D eigenvalue weighted by molar-refractivity contribution is 5.81. The zero-order chi connectivity index (χ0) is 9.42. The van der Waals surface area contributed by atoms with E-state index in [0.717, 1.165) is 11.3 Å². The van der Waals surface area contributed by atoms with Gasteiger partial charge in [-0.05, 0) is 6.07 Å². The summed E-state index contributed by atoms with van der Waals surface area (Å²) in [4.78, 5) is 12.9. The van der Waals surface area contributed by atoms with E-state index in [1.807, 2.05) is 37.2 Å². The van der Waals surface area contributed by atoms with Crippen LogP contribution in [0.4, 0.5) is 5.69 Å². The average molecular weight is 177 g/mol. The summed E-state index contributed by atoms with van der Waals surface area (Å²) >= 11 is 0. The lowest BCUT2D eigenvalue weighted by Gasteiger charge is -2.12. The Morgan fingerprint density at radius 3 is 2.85 bits per heavy atom. The van der Waals surface area contributed by atoms with E-state index in [-0.39, 0.29) is 5.97 Å². The fraction of sp³-hybridized carbons (Fsp3) is 0.300. The van der Waals surface area contributed by atoms with Gasteiger partial charge in [-0.1, -0.05) is 6.07 Å². The molecular weight excluding hydrogens is 166 g/mol. The molecule has 0 aliphatic carbocycles. The first kappa shape index (κ1) is 8.10. The van der Waals surface area contributed by atoms with E-state index in [2.05, 4.69) is 0 Å². The third-order valence-electron chi connectivity index (χ3n) is 2.13. The van der Waals surface area contributed by atoms with Gasteiger partial charge in [0.15, 0.2) is 0 Å². The Hall–Kier alpha value is -1.51. The summed E-state index contributed by atoms with van der Waals surface area (Å²) in [6.07, 6.45) is 0.406. The summed E-state index contributed by atoms with van der Waals surface area (Å²) in [5, 5.41) is 0. The smallest absolute Gasteiger partial charge is 0.315 e. The number of hydrogen-bond acceptors (Lipinski definition) is 3. The van der Waals surface area contributed by atoms with E-state index >= 15 is 0 Å². The standard InChI is InChI=1S/C10H11NO2/c1-11(2)8-4-3-7-5-10(12)13-9(7)6-8/h3-4,6H,5H2,1-2H3. The highest BCUT2D eigenvalue weighted by Crippen LogP contribution is 2.29. The van der Waals surface area contributed by atoms with Gasteiger partial charge >= 0.3 is 5.97 Å². The predicted octanol–water partition coefficient (Wildman–Crippen LogP) is 1.21. The molecule has 1 aliphatic heterocycles. The lowest BCUT2D eigenvalue weighted by molar-refractivity contribution is -0.131. The van der Waals surface area contributed by atoms with Crippen LogP contribution in [0.25, 0.3) is 0 Å². The summed E-state index contributed by atoms with van der Waals surface area (Å²) in [6.45, 7) is 0. The van der Waals surface area contributed by atoms with Crippen molar-refractivity contribution in [1.29, 1.82) is 0 Å². The second kappa shape index (κ2) is 2.76. The van der Waals surface area contributed by atoms with Gasteiger partial charge in [-0.15, -0.1) is 0 Å². The van der Waals surface area contributed by atoms with Gasteiger partial charge in [0.1, 0.15) is 5.75 Å². The lowest BCUT2D eigenvalue weighted by atomic mass is 10.1. The van der Waals surface area contributed by atoms with Crippen LogP contribution >= 0.6 is 0 Å². The van der Waals surface area contributed by atoms with E-state index in [1.165, 1.54) is 0 Å². The summed E-state index contributed by atoms with van der Waals surface area (Å²) < 4.78 is 5.03. The summed E-state index contributed by atoms with van der Waals surface area (Å²) in [7, 11) is 3.91. The second-order valence-electron chi connectivity index (χ2n) is 3.34. The molecule has 0 atom stereocenters. The Morgan fingerprint density at radius 2 is 2.15 bits per heavy atom. The highest BCUT2D eigenvalue weighted by atomic mass is 16.5. The maximum absolute atomic E-state index is 10.9. The average Bonchev–Trinajstić information content (AvgIpc) is 2.42. The van der Waals surface area contributed by atoms with Gasteiger partial charge in [0.25, 0.3) is 0 Å². The van der Waals surface area contributed by atoms with Crippen LogP contribution in [0.2, 0.25) is 0 Å². The van der Waals surface area contributed by atoms with Crippen molar-refractivity contribution >= 4 is 11.7 Å². The van der Waals surface area contributed by atoms with Crippen LogP contribution in [-0.2, 0) is 11.2 Å². The van der Waals surface area contributed by atoms with E-state index in [9.17, 15) is 4.79 Å². The van der Waals surface area contributed by atoms with Gasteiger partial charge in [0, 0.05) is 31.4 Å². The topological polar surface area (TPSA) is 29.5 Å². The molecule has 1 aromatic rings. The lowest BCUT2D eigenvalue weighted by Crippen LogP contribution is -2.08. The number of fused-ring (bicyclic) bond motifs is 1. The van der Waals surface area contributed by atoms with Crippen molar-refractivity contribution in [2.45, 2.75) is 6.42 Å². The quantitative estimate of drug-likeness (QED) is 0.477. The van der Waals surface area contributed by atoms with Crippen LogP contribution in [0.15, 0.2) is 18.2 Å². The van der Waals surface area contributed by atoms with Crippen molar-refractivity contribution in [3.63, 3.8) is 0 Å². The number of carbonyl (C=O) groups excluding carboxylic acids is 1. The molecule has 0 N–H and O–H groups in total. The van der Waals surface area contributed by atoms with E-state index in [1.54, 1.807) is 0 Å². The third-order valence-corrected chi connectivity index (χ3v) is 2.13. The van der Waals surface area contributed by atoms with Crippen LogP contribution in [0.5, 0.6) is 5.75 Å². The molecule has 0 radical (unpaired) electrons. The SMILES string of the molecule is CN(C)c1ccc2c(c1)OC(=O)C2. The summed E-state index contributed by atoms with van der Waals surface area (Å²) in [6, 6.07) is 5.82. The molecule has 1 aliphatic rings. The summed E-state index contributed by atoms with van der Waals surface area (Å²) in [5.74, 6) is 0.544. The molecule has 13 heavy (non-hydrogen) atoms. The number of benzene rings is 1. The molecule has 0 fully saturated rings. The first-order valence-corrected chi connectivity index (χ1v) is 4.18. The molecule has 0 aromatic heterocycles. The largest absolute Gasteiger partial charge is 0.426 e. The number of carbonyl (C=O) groups is 1. The minimum absolute atomic E-state index is 0.161. The van der Waals surface area contributed by atoms with Crippen molar-refractivity contribution in [2.24, 2.45) is 0 Å². The molecule has 1 heterocycles. The van der Waals surface area contributed by atoms with E-state index in [0.29, 0.717) is 12.2 Å². The molecule has 1 aromatic carbocycles. The Labute approximate surface area is 76.9 Å². The number of rotatable bonds is 1. The number of hydrogen-bond donors (Lipinski definition) is 0. The van der Waals surface area contributed by atoms with Crippen LogP contribution in [-0.4, -0.2) is 20.1 Å². The Kier molecular flexibility index (Phi) is 1.72. The van der Waals surface area contributed by atoms with Gasteiger partial charge in [-0.2, -0.15) is 0 Å². The van der Waals surface area contributed by atoms with Gasteiger partial charge in [-0.3, -0.25) is 4.79 Å². The number of nitrogens with zero attached hydrogens (tertiary/aromatic N) is 1. The van der Waals surface area contributed by atoms with Crippen molar-refractivity contribution in [1.82, 2.24) is 0 Å². The maximum Gasteiger partial charge on any atom is 0.315 e. The Bertz CT molecular complexity index is 358. The summed E-state index contributed by atoms with van der Waals surface area (Å²) in [5.41, 5.74) is 2.03. The molecule has 0 saturated carbocycles. The minimum atomic E-state index is -0.161. The van der Waals surface area contributed by atoms with Crippen molar-refractivity contribution in [3.05, 3.63) is 23.8 Å². The van der Waals surface area contributed by atoms with Gasteiger partial charge in [0.2, 0.25) is 0 Å². The first-order chi connectivity index (χ1) is 6.16. The molecule has 0 spiro atoms. The van der Waals surface area contributed by atoms with Crippen molar-refractivity contribution in [2.75, 3.05) is 19.0 Å². The maximum atomic E-state index is 10.9. The number of anilines is 1. The normalized spacial score (nSPS) is 13.8. The Balaban J connectivity index is 2.40. The van der Waals surface area contributed by atoms with Crippen molar-refractivity contribution in [3.8, 4) is 5.75 Å². The first-order valence-electron chi connectivity index (χ1n) is 4.18. The Morgan fingerprint density at radius 1 is 1.38 bits per heavy atom. The van der Waals surface area contributed by atoms with Gasteiger partial charge in [0.05, 0.1) is 6.42 Å². The fourth-order valence-electron chi connectivity index (χ4n) is 1.38. The second-order valence-corrected chi connectivity index (χ2v) is 3.34. The fourth-order valence-corrected chi connectivity index (χ4v) is 1.38.